The molecule has 0 nitrogen and oxygen atoms in total. The van der Waals surface area contributed by atoms with Crippen molar-refractivity contribution in [2.24, 2.45) is 0 Å². The van der Waals surface area contributed by atoms with E-state index in [0.717, 1.165) is 0 Å². The predicted molar refractivity (Wildman–Crippen MR) is 53.4 cm³/mol. The van der Waals surface area contributed by atoms with E-state index in [4.69, 9.17) is 0 Å². The van der Waals surface area contributed by atoms with Crippen LogP contribution in [0.25, 0.3) is 0 Å². The first kappa shape index (κ1) is 9.91. The van der Waals surface area contributed by atoms with Crippen LogP contribution in [-0.2, 0) is 0 Å². The van der Waals surface area contributed by atoms with E-state index in [1.807, 2.05) is 0 Å². The number of unbranched alkanes of at least 4 members (excludes halogenated alkanes) is 1. The van der Waals surface area contributed by atoms with Crippen LogP contribution in [0.3, 0.4) is 0 Å². The van der Waals surface area contributed by atoms with Crippen LogP contribution in [0.1, 0.15) is 19.8 Å². The Morgan fingerprint density at radius 3 is 1.78 bits per heavy atom. The van der Waals surface area contributed by atoms with Gasteiger partial charge in [-0.3, -0.25) is 0 Å². The van der Waals surface area contributed by atoms with Gasteiger partial charge < -0.3 is 0 Å². The average Bonchev–Trinajstić information content (AvgIpc) is 1.57. The Morgan fingerprint density at radius 2 is 1.67 bits per heavy atom. The van der Waals surface area contributed by atoms with Crippen LogP contribution in [0.2, 0.25) is 0 Å². The first-order chi connectivity index (χ1) is 3.81. The van der Waals surface area contributed by atoms with Crippen molar-refractivity contribution in [3.8, 4) is 0 Å². The molecule has 0 saturated heterocycles. The van der Waals surface area contributed by atoms with E-state index >= 15 is 0 Å². The van der Waals surface area contributed by atoms with Crippen LogP contribution in [0.5, 0.6) is 0 Å². The summed E-state index contributed by atoms with van der Waals surface area (Å²) in [5, 5.41) is -1.32. The Morgan fingerprint density at radius 1 is 1.22 bits per heavy atom. The van der Waals surface area contributed by atoms with E-state index in [9.17, 15) is 0 Å². The zero-order chi connectivity index (χ0) is 7.57. The number of hydrogen-bond acceptors (Lipinski definition) is 0. The van der Waals surface area contributed by atoms with Gasteiger partial charge in [-0.2, -0.15) is 0 Å². The van der Waals surface area contributed by atoms with Gasteiger partial charge >= 0.3 is 66.7 Å². The van der Waals surface area contributed by atoms with Gasteiger partial charge in [0.25, 0.3) is 0 Å². The Hall–Kier alpha value is 0.910. The monoisotopic (exact) mass is 212 g/mol. The molecule has 0 aromatic heterocycles. The molecule has 0 spiro atoms. The van der Waals surface area contributed by atoms with Gasteiger partial charge in [0.1, 0.15) is 0 Å². The van der Waals surface area contributed by atoms with Crippen LogP contribution in [0.15, 0.2) is 0 Å². The van der Waals surface area contributed by atoms with Crippen molar-refractivity contribution >= 4 is 20.8 Å². The fourth-order valence-corrected chi connectivity index (χ4v) is 2.83. The minimum atomic E-state index is -1.32. The maximum absolute atomic E-state index is 3.81. The molecule has 0 heterocycles. The molecule has 0 rings (SSSR count). The molecule has 0 unspecified atom stereocenters. The van der Waals surface area contributed by atoms with Crippen LogP contribution in [-0.4, -0.2) is 26.2 Å². The van der Waals surface area contributed by atoms with Gasteiger partial charge in [0.15, 0.2) is 0 Å². The SMILES string of the molecule is CCCCP(C)(C)(C)Br. The molecule has 0 aliphatic rings. The number of halogens is 1. The summed E-state index contributed by atoms with van der Waals surface area (Å²) in [5.74, 6) is 0. The molecule has 58 valence electrons. The van der Waals surface area contributed by atoms with Crippen molar-refractivity contribution in [3.63, 3.8) is 0 Å². The van der Waals surface area contributed by atoms with E-state index in [-0.39, 0.29) is 0 Å². The molecule has 0 saturated carbocycles. The second-order valence-electron chi connectivity index (χ2n) is 3.99. The van der Waals surface area contributed by atoms with Gasteiger partial charge in [-0.1, -0.05) is 0 Å². The fraction of sp³-hybridized carbons (Fsp3) is 1.00. The topological polar surface area (TPSA) is 0 Å². The Bertz CT molecular complexity index is 81.6. The molecule has 0 amide bonds. The van der Waals surface area contributed by atoms with Crippen molar-refractivity contribution < 1.29 is 0 Å². The molecule has 0 atom stereocenters. The molecule has 0 bridgehead atoms. The summed E-state index contributed by atoms with van der Waals surface area (Å²) >= 11 is 3.81. The minimum absolute atomic E-state index is 1.32. The summed E-state index contributed by atoms with van der Waals surface area (Å²) < 4.78 is 0. The first-order valence-corrected chi connectivity index (χ1v) is 9.32. The van der Waals surface area contributed by atoms with Gasteiger partial charge in [-0.05, 0) is 0 Å². The number of hydrogen-bond donors (Lipinski definition) is 0. The van der Waals surface area contributed by atoms with E-state index < -0.39 is 5.31 Å². The van der Waals surface area contributed by atoms with Crippen molar-refractivity contribution in [3.05, 3.63) is 0 Å². The van der Waals surface area contributed by atoms with Crippen LogP contribution in [0.4, 0.5) is 0 Å². The quantitative estimate of drug-likeness (QED) is 0.629. The molecule has 0 N–H and O–H groups in total. The summed E-state index contributed by atoms with van der Waals surface area (Å²) in [6, 6.07) is 0. The summed E-state index contributed by atoms with van der Waals surface area (Å²) in [7, 11) is 0. The van der Waals surface area contributed by atoms with Gasteiger partial charge in [-0.15, -0.1) is 0 Å². The summed E-state index contributed by atoms with van der Waals surface area (Å²) in [5.41, 5.74) is 0. The van der Waals surface area contributed by atoms with Crippen molar-refractivity contribution in [2.75, 3.05) is 26.2 Å². The standard InChI is InChI=1S/C7H18BrP/c1-5-6-7-9(2,3,4)8/h5-7H2,1-4H3. The van der Waals surface area contributed by atoms with Gasteiger partial charge in [0.05, 0.1) is 0 Å². The Kier molecular flexibility index (Phi) is 3.17. The molecule has 0 radical (unpaired) electrons. The molecule has 0 aromatic carbocycles. The van der Waals surface area contributed by atoms with Crippen LogP contribution >= 0.6 is 20.8 Å². The third-order valence-corrected chi connectivity index (χ3v) is 4.16. The number of rotatable bonds is 3. The third kappa shape index (κ3) is 8.91. The zero-order valence-corrected chi connectivity index (χ0v) is 9.43. The van der Waals surface area contributed by atoms with Crippen molar-refractivity contribution in [2.45, 2.75) is 19.8 Å². The van der Waals surface area contributed by atoms with Crippen LogP contribution in [0, 0.1) is 0 Å². The summed E-state index contributed by atoms with van der Waals surface area (Å²) in [6.45, 7) is 9.33. The predicted octanol–water partition coefficient (Wildman–Crippen LogP) is 3.54. The molecule has 9 heavy (non-hydrogen) atoms. The molecule has 0 aliphatic carbocycles. The third-order valence-electron chi connectivity index (χ3n) is 1.27. The maximum atomic E-state index is 3.81. The molecular weight excluding hydrogens is 195 g/mol. The second kappa shape index (κ2) is 2.88. The van der Waals surface area contributed by atoms with Crippen LogP contribution < -0.4 is 0 Å². The molecule has 2 heteroatoms. The van der Waals surface area contributed by atoms with Gasteiger partial charge in [0, 0.05) is 0 Å². The van der Waals surface area contributed by atoms with E-state index in [0.29, 0.717) is 0 Å². The zero-order valence-electron chi connectivity index (χ0n) is 6.95. The average molecular weight is 213 g/mol. The second-order valence-corrected chi connectivity index (χ2v) is 18.2. The summed E-state index contributed by atoms with van der Waals surface area (Å²) in [4.78, 5) is 0. The van der Waals surface area contributed by atoms with Crippen molar-refractivity contribution in [1.82, 2.24) is 0 Å². The first-order valence-electron chi connectivity index (χ1n) is 3.53. The molecule has 0 aromatic rings. The normalized spacial score (nSPS) is 16.8. The fourth-order valence-electron chi connectivity index (χ4n) is 0.692. The van der Waals surface area contributed by atoms with E-state index in [1.165, 1.54) is 19.0 Å². The van der Waals surface area contributed by atoms with Gasteiger partial charge in [-0.25, -0.2) is 0 Å². The molecule has 0 fully saturated rings. The molecular formula is C7H18BrP. The van der Waals surface area contributed by atoms with E-state index in [2.05, 4.69) is 42.4 Å². The van der Waals surface area contributed by atoms with Gasteiger partial charge in [0.2, 0.25) is 0 Å². The van der Waals surface area contributed by atoms with Crippen molar-refractivity contribution in [1.29, 1.82) is 0 Å². The molecule has 0 aliphatic heterocycles. The summed E-state index contributed by atoms with van der Waals surface area (Å²) in [6.07, 6.45) is 4.06. The Balaban J connectivity index is 3.60. The van der Waals surface area contributed by atoms with E-state index in [1.54, 1.807) is 0 Å². The Labute approximate surface area is 67.1 Å².